The van der Waals surface area contributed by atoms with Crippen LogP contribution in [0.25, 0.3) is 0 Å². The summed E-state index contributed by atoms with van der Waals surface area (Å²) in [6.45, 7) is 4.23. The predicted molar refractivity (Wildman–Crippen MR) is 80.3 cm³/mol. The van der Waals surface area contributed by atoms with Crippen molar-refractivity contribution < 1.29 is 9.84 Å². The van der Waals surface area contributed by atoms with E-state index in [0.717, 1.165) is 26.9 Å². The molecule has 0 bridgehead atoms. The average Bonchev–Trinajstić information content (AvgIpc) is 2.38. The van der Waals surface area contributed by atoms with Gasteiger partial charge in [-0.05, 0) is 32.0 Å². The molecular formula is C16H17BrO2. The van der Waals surface area contributed by atoms with Crippen LogP contribution in [0.4, 0.5) is 0 Å². The van der Waals surface area contributed by atoms with Crippen molar-refractivity contribution in [1.82, 2.24) is 0 Å². The Morgan fingerprint density at radius 1 is 1.21 bits per heavy atom. The van der Waals surface area contributed by atoms with Gasteiger partial charge in [0.15, 0.2) is 0 Å². The van der Waals surface area contributed by atoms with Crippen molar-refractivity contribution in [2.24, 2.45) is 0 Å². The van der Waals surface area contributed by atoms with Crippen LogP contribution >= 0.6 is 15.9 Å². The largest absolute Gasteiger partial charge is 0.488 e. The first-order valence-electron chi connectivity index (χ1n) is 6.22. The molecular weight excluding hydrogens is 304 g/mol. The fraction of sp³-hybridized carbons (Fsp3) is 0.250. The minimum Gasteiger partial charge on any atom is -0.488 e. The lowest BCUT2D eigenvalue weighted by atomic mass is 10.1. The Morgan fingerprint density at radius 2 is 1.95 bits per heavy atom. The SMILES string of the molecule is Cc1ccc(OCc2ccccc2Br)c(C(C)O)c1. The maximum atomic E-state index is 9.79. The molecule has 2 aromatic rings. The molecule has 1 atom stereocenters. The standard InChI is InChI=1S/C16H17BrO2/c1-11-7-8-16(14(9-11)12(2)18)19-10-13-5-3-4-6-15(13)17/h3-9,12,18H,10H2,1-2H3. The molecule has 1 N–H and O–H groups in total. The number of halogens is 1. The Balaban J connectivity index is 2.18. The van der Waals surface area contributed by atoms with Crippen LogP contribution in [0, 0.1) is 6.92 Å². The van der Waals surface area contributed by atoms with E-state index in [9.17, 15) is 5.11 Å². The van der Waals surface area contributed by atoms with E-state index in [0.29, 0.717) is 6.61 Å². The van der Waals surface area contributed by atoms with Gasteiger partial charge in [-0.1, -0.05) is 45.8 Å². The third-order valence-corrected chi connectivity index (χ3v) is 3.73. The highest BCUT2D eigenvalue weighted by Gasteiger charge is 2.10. The molecule has 0 amide bonds. The monoisotopic (exact) mass is 320 g/mol. The number of benzene rings is 2. The van der Waals surface area contributed by atoms with Crippen molar-refractivity contribution in [1.29, 1.82) is 0 Å². The van der Waals surface area contributed by atoms with E-state index in [-0.39, 0.29) is 0 Å². The molecule has 0 radical (unpaired) electrons. The molecule has 100 valence electrons. The fourth-order valence-corrected chi connectivity index (χ4v) is 2.30. The predicted octanol–water partition coefficient (Wildman–Crippen LogP) is 4.39. The first-order chi connectivity index (χ1) is 9.08. The van der Waals surface area contributed by atoms with E-state index in [2.05, 4.69) is 15.9 Å². The zero-order valence-corrected chi connectivity index (χ0v) is 12.6. The van der Waals surface area contributed by atoms with Crippen LogP contribution in [0.3, 0.4) is 0 Å². The molecule has 0 aliphatic carbocycles. The summed E-state index contributed by atoms with van der Waals surface area (Å²) in [5.74, 6) is 0.733. The van der Waals surface area contributed by atoms with Gasteiger partial charge < -0.3 is 9.84 Å². The highest BCUT2D eigenvalue weighted by atomic mass is 79.9. The van der Waals surface area contributed by atoms with Gasteiger partial charge in [0.1, 0.15) is 12.4 Å². The second kappa shape index (κ2) is 6.22. The quantitative estimate of drug-likeness (QED) is 0.905. The van der Waals surface area contributed by atoms with Crippen molar-refractivity contribution in [3.05, 3.63) is 63.6 Å². The summed E-state index contributed by atoms with van der Waals surface area (Å²) in [5.41, 5.74) is 3.02. The van der Waals surface area contributed by atoms with Crippen molar-refractivity contribution in [2.75, 3.05) is 0 Å². The normalized spacial score (nSPS) is 12.2. The first-order valence-corrected chi connectivity index (χ1v) is 7.02. The summed E-state index contributed by atoms with van der Waals surface area (Å²) in [4.78, 5) is 0. The van der Waals surface area contributed by atoms with Gasteiger partial charge in [-0.25, -0.2) is 0 Å². The van der Waals surface area contributed by atoms with Crippen LogP contribution in [0.5, 0.6) is 5.75 Å². The Hall–Kier alpha value is -1.32. The molecule has 1 unspecified atom stereocenters. The Kier molecular flexibility index (Phi) is 4.61. The molecule has 0 heterocycles. The fourth-order valence-electron chi connectivity index (χ4n) is 1.90. The summed E-state index contributed by atoms with van der Waals surface area (Å²) in [6.07, 6.45) is -0.533. The van der Waals surface area contributed by atoms with Crippen LogP contribution in [0.2, 0.25) is 0 Å². The van der Waals surface area contributed by atoms with Crippen molar-refractivity contribution in [3.8, 4) is 5.75 Å². The number of hydrogen-bond acceptors (Lipinski definition) is 2. The highest BCUT2D eigenvalue weighted by molar-refractivity contribution is 9.10. The molecule has 0 fully saturated rings. The van der Waals surface area contributed by atoms with E-state index in [1.807, 2.05) is 49.4 Å². The van der Waals surface area contributed by atoms with Crippen molar-refractivity contribution in [3.63, 3.8) is 0 Å². The van der Waals surface area contributed by atoms with Crippen LogP contribution in [0.1, 0.15) is 29.7 Å². The Labute approximate surface area is 122 Å². The van der Waals surface area contributed by atoms with E-state index in [1.165, 1.54) is 0 Å². The number of hydrogen-bond donors (Lipinski definition) is 1. The molecule has 2 rings (SSSR count). The Bertz CT molecular complexity index is 564. The zero-order chi connectivity index (χ0) is 13.8. The zero-order valence-electron chi connectivity index (χ0n) is 11.1. The number of aliphatic hydroxyl groups excluding tert-OH is 1. The summed E-state index contributed by atoms with van der Waals surface area (Å²) in [5, 5.41) is 9.79. The number of rotatable bonds is 4. The minimum atomic E-state index is -0.533. The van der Waals surface area contributed by atoms with Gasteiger partial charge in [0.25, 0.3) is 0 Å². The average molecular weight is 321 g/mol. The van der Waals surface area contributed by atoms with Crippen LogP contribution in [0.15, 0.2) is 46.9 Å². The lowest BCUT2D eigenvalue weighted by Crippen LogP contribution is -2.02. The second-order valence-corrected chi connectivity index (χ2v) is 5.45. The van der Waals surface area contributed by atoms with E-state index < -0.39 is 6.10 Å². The molecule has 0 saturated heterocycles. The summed E-state index contributed by atoms with van der Waals surface area (Å²) < 4.78 is 6.86. The van der Waals surface area contributed by atoms with Gasteiger partial charge in [-0.2, -0.15) is 0 Å². The lowest BCUT2D eigenvalue weighted by Gasteiger charge is -2.14. The summed E-state index contributed by atoms with van der Waals surface area (Å²) >= 11 is 3.50. The van der Waals surface area contributed by atoms with Crippen LogP contribution in [-0.4, -0.2) is 5.11 Å². The third-order valence-electron chi connectivity index (χ3n) is 2.96. The van der Waals surface area contributed by atoms with Gasteiger partial charge in [0.2, 0.25) is 0 Å². The molecule has 3 heteroatoms. The topological polar surface area (TPSA) is 29.5 Å². The van der Waals surface area contributed by atoms with Crippen LogP contribution < -0.4 is 4.74 Å². The Morgan fingerprint density at radius 3 is 2.63 bits per heavy atom. The molecule has 0 aliphatic heterocycles. The molecule has 0 spiro atoms. The van der Waals surface area contributed by atoms with E-state index in [1.54, 1.807) is 6.92 Å². The second-order valence-electron chi connectivity index (χ2n) is 4.60. The van der Waals surface area contributed by atoms with Crippen molar-refractivity contribution >= 4 is 15.9 Å². The number of ether oxygens (including phenoxy) is 1. The van der Waals surface area contributed by atoms with Crippen LogP contribution in [-0.2, 0) is 6.61 Å². The van der Waals surface area contributed by atoms with Gasteiger partial charge in [0, 0.05) is 15.6 Å². The van der Waals surface area contributed by atoms with Gasteiger partial charge in [-0.3, -0.25) is 0 Å². The molecule has 2 aromatic carbocycles. The van der Waals surface area contributed by atoms with Gasteiger partial charge >= 0.3 is 0 Å². The maximum absolute atomic E-state index is 9.79. The lowest BCUT2D eigenvalue weighted by molar-refractivity contribution is 0.190. The maximum Gasteiger partial charge on any atom is 0.125 e. The highest BCUT2D eigenvalue weighted by Crippen LogP contribution is 2.27. The minimum absolute atomic E-state index is 0.476. The molecule has 0 aromatic heterocycles. The summed E-state index contributed by atoms with van der Waals surface area (Å²) in [6, 6.07) is 13.8. The molecule has 0 aliphatic rings. The van der Waals surface area contributed by atoms with E-state index in [4.69, 9.17) is 4.74 Å². The van der Waals surface area contributed by atoms with Gasteiger partial charge in [0.05, 0.1) is 6.10 Å². The number of aliphatic hydroxyl groups is 1. The first kappa shape index (κ1) is 14.1. The number of aryl methyl sites for hydroxylation is 1. The summed E-state index contributed by atoms with van der Waals surface area (Å²) in [7, 11) is 0. The smallest absolute Gasteiger partial charge is 0.125 e. The molecule has 19 heavy (non-hydrogen) atoms. The third kappa shape index (κ3) is 3.58. The molecule has 2 nitrogen and oxygen atoms in total. The molecule has 0 saturated carbocycles. The van der Waals surface area contributed by atoms with Crippen molar-refractivity contribution in [2.45, 2.75) is 26.6 Å². The van der Waals surface area contributed by atoms with Gasteiger partial charge in [-0.15, -0.1) is 0 Å². The van der Waals surface area contributed by atoms with E-state index >= 15 is 0 Å².